The van der Waals surface area contributed by atoms with Crippen LogP contribution < -0.4 is 16.0 Å². The smallest absolute Gasteiger partial charge is 0.243 e. The first-order valence-electron chi connectivity index (χ1n) is 7.17. The van der Waals surface area contributed by atoms with Crippen LogP contribution in [0, 0.1) is 0 Å². The van der Waals surface area contributed by atoms with Gasteiger partial charge in [-0.2, -0.15) is 4.31 Å². The van der Waals surface area contributed by atoms with E-state index in [-0.39, 0.29) is 17.3 Å². The van der Waals surface area contributed by atoms with Crippen molar-refractivity contribution in [2.45, 2.75) is 18.7 Å². The van der Waals surface area contributed by atoms with Gasteiger partial charge in [0.2, 0.25) is 15.9 Å². The molecule has 0 atom stereocenters. The van der Waals surface area contributed by atoms with Crippen molar-refractivity contribution in [3.63, 3.8) is 0 Å². The van der Waals surface area contributed by atoms with Gasteiger partial charge >= 0.3 is 0 Å². The fraction of sp³-hybridized carbons (Fsp3) is 0.500. The highest BCUT2D eigenvalue weighted by Gasteiger charge is 2.22. The van der Waals surface area contributed by atoms with Crippen LogP contribution >= 0.6 is 0 Å². The molecule has 124 valence electrons. The Labute approximate surface area is 132 Å². The van der Waals surface area contributed by atoms with Gasteiger partial charge in [-0.05, 0) is 25.2 Å². The molecule has 1 rings (SSSR count). The molecule has 3 N–H and O–H groups in total. The van der Waals surface area contributed by atoms with Crippen LogP contribution in [0.1, 0.15) is 13.8 Å². The predicted octanol–water partition coefficient (Wildman–Crippen LogP) is 0.917. The summed E-state index contributed by atoms with van der Waals surface area (Å²) in [6, 6.07) is 4.66. The van der Waals surface area contributed by atoms with Crippen LogP contribution in [0.15, 0.2) is 23.1 Å². The van der Waals surface area contributed by atoms with E-state index in [2.05, 4.69) is 16.0 Å². The lowest BCUT2D eigenvalue weighted by Gasteiger charge is -2.20. The zero-order chi connectivity index (χ0) is 16.8. The Kier molecular flexibility index (Phi) is 6.79. The Morgan fingerprint density at radius 3 is 2.27 bits per heavy atom. The first-order valence-corrected chi connectivity index (χ1v) is 8.61. The van der Waals surface area contributed by atoms with Crippen molar-refractivity contribution in [3.8, 4) is 0 Å². The molecular formula is C14H24N4O3S. The van der Waals surface area contributed by atoms with E-state index in [0.717, 1.165) is 0 Å². The highest BCUT2D eigenvalue weighted by molar-refractivity contribution is 7.89. The minimum atomic E-state index is -3.56. The summed E-state index contributed by atoms with van der Waals surface area (Å²) in [6.07, 6.45) is 0. The largest absolute Gasteiger partial charge is 0.386 e. The van der Waals surface area contributed by atoms with Gasteiger partial charge in [-0.3, -0.25) is 4.79 Å². The number of carbonyl (C=O) groups is 1. The predicted molar refractivity (Wildman–Crippen MR) is 88.7 cm³/mol. The Hall–Kier alpha value is -1.64. The normalized spacial score (nSPS) is 11.5. The molecule has 0 saturated carbocycles. The van der Waals surface area contributed by atoms with E-state index in [1.807, 2.05) is 0 Å². The molecule has 8 heteroatoms. The molecule has 0 aromatic heterocycles. The number of rotatable bonds is 8. The second-order valence-electron chi connectivity index (χ2n) is 4.63. The zero-order valence-electron chi connectivity index (χ0n) is 13.4. The lowest BCUT2D eigenvalue weighted by Crippen LogP contribution is -2.31. The molecule has 1 aromatic carbocycles. The fourth-order valence-electron chi connectivity index (χ4n) is 2.07. The van der Waals surface area contributed by atoms with Gasteiger partial charge in [0.1, 0.15) is 0 Å². The van der Waals surface area contributed by atoms with Crippen molar-refractivity contribution in [2.24, 2.45) is 0 Å². The highest BCUT2D eigenvalue weighted by Crippen LogP contribution is 2.26. The van der Waals surface area contributed by atoms with E-state index in [1.165, 1.54) is 16.4 Å². The summed E-state index contributed by atoms with van der Waals surface area (Å²) >= 11 is 0. The van der Waals surface area contributed by atoms with Gasteiger partial charge in [-0.25, -0.2) is 8.42 Å². The topological polar surface area (TPSA) is 90.5 Å². The number of sulfonamides is 1. The van der Waals surface area contributed by atoms with Gasteiger partial charge < -0.3 is 16.0 Å². The quantitative estimate of drug-likeness (QED) is 0.660. The molecule has 0 radical (unpaired) electrons. The maximum Gasteiger partial charge on any atom is 0.243 e. The second kappa shape index (κ2) is 8.11. The van der Waals surface area contributed by atoms with Gasteiger partial charge in [0, 0.05) is 20.1 Å². The van der Waals surface area contributed by atoms with E-state index in [4.69, 9.17) is 0 Å². The minimum Gasteiger partial charge on any atom is -0.386 e. The summed E-state index contributed by atoms with van der Waals surface area (Å²) < 4.78 is 26.5. The van der Waals surface area contributed by atoms with E-state index in [9.17, 15) is 13.2 Å². The van der Waals surface area contributed by atoms with Crippen molar-refractivity contribution in [1.82, 2.24) is 9.62 Å². The molecule has 0 saturated heterocycles. The molecule has 0 unspecified atom stereocenters. The van der Waals surface area contributed by atoms with Crippen LogP contribution in [0.2, 0.25) is 0 Å². The van der Waals surface area contributed by atoms with E-state index >= 15 is 0 Å². The lowest BCUT2D eigenvalue weighted by atomic mass is 10.2. The monoisotopic (exact) mass is 328 g/mol. The van der Waals surface area contributed by atoms with Gasteiger partial charge in [-0.1, -0.05) is 13.8 Å². The SMILES string of the molecule is CCN(CC)S(=O)(=O)c1ccc(NC)c(NC(=O)CNC)c1. The molecule has 0 heterocycles. The fourth-order valence-corrected chi connectivity index (χ4v) is 3.56. The maximum atomic E-state index is 12.5. The van der Waals surface area contributed by atoms with E-state index in [1.54, 1.807) is 34.0 Å². The summed E-state index contributed by atoms with van der Waals surface area (Å²) in [5.41, 5.74) is 1.10. The van der Waals surface area contributed by atoms with Crippen LogP contribution in [0.5, 0.6) is 0 Å². The third-order valence-corrected chi connectivity index (χ3v) is 5.26. The first-order chi connectivity index (χ1) is 10.4. The molecule has 0 bridgehead atoms. The Morgan fingerprint density at radius 1 is 1.14 bits per heavy atom. The average Bonchev–Trinajstić information content (AvgIpc) is 2.48. The highest BCUT2D eigenvalue weighted by atomic mass is 32.2. The van der Waals surface area contributed by atoms with Gasteiger partial charge in [0.25, 0.3) is 0 Å². The molecule has 0 aliphatic rings. The Bertz CT molecular complexity index is 613. The third kappa shape index (κ3) is 4.19. The number of carbonyl (C=O) groups excluding carboxylic acids is 1. The summed E-state index contributed by atoms with van der Waals surface area (Å²) in [7, 11) is -0.182. The number of benzene rings is 1. The molecule has 22 heavy (non-hydrogen) atoms. The Morgan fingerprint density at radius 2 is 1.77 bits per heavy atom. The Balaban J connectivity index is 3.22. The first kappa shape index (κ1) is 18.4. The molecule has 1 amide bonds. The van der Waals surface area contributed by atoms with Crippen LogP contribution in [0.4, 0.5) is 11.4 Å². The van der Waals surface area contributed by atoms with Crippen molar-refractivity contribution < 1.29 is 13.2 Å². The minimum absolute atomic E-state index is 0.149. The number of amides is 1. The van der Waals surface area contributed by atoms with E-state index in [0.29, 0.717) is 24.5 Å². The van der Waals surface area contributed by atoms with E-state index < -0.39 is 10.0 Å². The molecule has 0 aliphatic carbocycles. The molecule has 0 spiro atoms. The van der Waals surface area contributed by atoms with Gasteiger partial charge in [0.05, 0.1) is 22.8 Å². The van der Waals surface area contributed by atoms with Crippen molar-refractivity contribution in [1.29, 1.82) is 0 Å². The number of likely N-dealkylation sites (N-methyl/N-ethyl adjacent to an activating group) is 1. The number of nitrogens with zero attached hydrogens (tertiary/aromatic N) is 1. The third-order valence-electron chi connectivity index (χ3n) is 3.21. The van der Waals surface area contributed by atoms with Crippen LogP contribution in [-0.2, 0) is 14.8 Å². The molecule has 0 aliphatic heterocycles. The van der Waals surface area contributed by atoms with Crippen LogP contribution in [0.3, 0.4) is 0 Å². The standard InChI is InChI=1S/C14H24N4O3S/c1-5-18(6-2)22(20,21)11-7-8-12(16-4)13(9-11)17-14(19)10-15-3/h7-9,15-16H,5-6,10H2,1-4H3,(H,17,19). The molecule has 1 aromatic rings. The van der Waals surface area contributed by atoms with Crippen LogP contribution in [0.25, 0.3) is 0 Å². The van der Waals surface area contributed by atoms with Crippen LogP contribution in [-0.4, -0.2) is 52.4 Å². The number of anilines is 2. The van der Waals surface area contributed by atoms with Gasteiger partial charge in [-0.15, -0.1) is 0 Å². The molecular weight excluding hydrogens is 304 g/mol. The van der Waals surface area contributed by atoms with Crippen molar-refractivity contribution >= 4 is 27.3 Å². The lowest BCUT2D eigenvalue weighted by molar-refractivity contribution is -0.115. The van der Waals surface area contributed by atoms with Crippen molar-refractivity contribution in [2.75, 3.05) is 44.4 Å². The molecule has 7 nitrogen and oxygen atoms in total. The summed E-state index contributed by atoms with van der Waals surface area (Å²) in [5.74, 6) is -0.239. The zero-order valence-corrected chi connectivity index (χ0v) is 14.3. The number of hydrogen-bond acceptors (Lipinski definition) is 5. The van der Waals surface area contributed by atoms with Crippen molar-refractivity contribution in [3.05, 3.63) is 18.2 Å². The number of nitrogens with one attached hydrogen (secondary N) is 3. The number of hydrogen-bond donors (Lipinski definition) is 3. The summed E-state index contributed by atoms with van der Waals surface area (Å²) in [4.78, 5) is 11.9. The summed E-state index contributed by atoms with van der Waals surface area (Å²) in [6.45, 7) is 4.52. The summed E-state index contributed by atoms with van der Waals surface area (Å²) in [5, 5.41) is 8.39. The second-order valence-corrected chi connectivity index (χ2v) is 6.56. The maximum absolute atomic E-state index is 12.5. The van der Waals surface area contributed by atoms with Gasteiger partial charge in [0.15, 0.2) is 0 Å². The molecule has 0 fully saturated rings. The average molecular weight is 328 g/mol.